The Morgan fingerprint density at radius 1 is 1.06 bits per heavy atom. The monoisotopic (exact) mass is 529 g/mol. The molecule has 3 aromatic carbocycles. The van der Waals surface area contributed by atoms with E-state index in [0.717, 1.165) is 31.4 Å². The molecule has 1 aromatic heterocycles. The van der Waals surface area contributed by atoms with Crippen molar-refractivity contribution in [3.63, 3.8) is 0 Å². The van der Waals surface area contributed by atoms with Crippen molar-refractivity contribution < 1.29 is 13.2 Å². The molecule has 35 heavy (non-hydrogen) atoms. The molecule has 0 spiro atoms. The van der Waals surface area contributed by atoms with Gasteiger partial charge in [-0.15, -0.1) is 0 Å². The average molecular weight is 530 g/mol. The van der Waals surface area contributed by atoms with Crippen LogP contribution in [0.5, 0.6) is 0 Å². The van der Waals surface area contributed by atoms with Gasteiger partial charge < -0.3 is 5.32 Å². The van der Waals surface area contributed by atoms with Crippen LogP contribution in [0.2, 0.25) is 5.02 Å². The molecule has 0 unspecified atom stereocenters. The molecule has 4 rings (SSSR count). The van der Waals surface area contributed by atoms with Crippen molar-refractivity contribution in [2.45, 2.75) is 31.7 Å². The standard InChI is InChI=1S/C25H24ClN3O4S2/c1-16(2)29-22-13-8-19(14-23(22)34-25(29)31)27-24(30)15-28(20-9-6-18(26)7-10-20)35(32,33)21-11-4-17(3)5-12-21/h4-14,16H,15H2,1-3H3,(H,27,30). The van der Waals surface area contributed by atoms with Crippen LogP contribution in [-0.4, -0.2) is 25.4 Å². The second kappa shape index (κ2) is 9.85. The number of nitrogens with zero attached hydrogens (tertiary/aromatic N) is 2. The molecule has 7 nitrogen and oxygen atoms in total. The predicted octanol–water partition coefficient (Wildman–Crippen LogP) is 5.44. The number of hydrogen-bond donors (Lipinski definition) is 1. The molecule has 4 aromatic rings. The first-order valence-electron chi connectivity index (χ1n) is 10.9. The van der Waals surface area contributed by atoms with Crippen LogP contribution in [-0.2, 0) is 14.8 Å². The van der Waals surface area contributed by atoms with Gasteiger partial charge in [0.05, 0.1) is 20.8 Å². The Kier molecular flexibility index (Phi) is 7.02. The maximum atomic E-state index is 13.5. The number of thiazole rings is 1. The van der Waals surface area contributed by atoms with Crippen LogP contribution in [0.25, 0.3) is 10.2 Å². The average Bonchev–Trinajstić information content (AvgIpc) is 3.13. The van der Waals surface area contributed by atoms with Crippen molar-refractivity contribution in [3.8, 4) is 0 Å². The van der Waals surface area contributed by atoms with Crippen LogP contribution >= 0.6 is 22.9 Å². The Labute approximate surface area is 212 Å². The van der Waals surface area contributed by atoms with Gasteiger partial charge in [0, 0.05) is 16.8 Å². The third-order valence-corrected chi connectivity index (χ3v) is 8.38. The summed E-state index contributed by atoms with van der Waals surface area (Å²) in [7, 11) is -4.03. The molecule has 10 heteroatoms. The highest BCUT2D eigenvalue weighted by atomic mass is 35.5. The van der Waals surface area contributed by atoms with E-state index in [1.807, 2.05) is 20.8 Å². The first-order chi connectivity index (χ1) is 16.6. The van der Waals surface area contributed by atoms with E-state index in [9.17, 15) is 18.0 Å². The molecule has 0 radical (unpaired) electrons. The van der Waals surface area contributed by atoms with Gasteiger partial charge in [0.25, 0.3) is 10.0 Å². The number of hydrogen-bond acceptors (Lipinski definition) is 5. The second-order valence-electron chi connectivity index (χ2n) is 8.36. The topological polar surface area (TPSA) is 88.5 Å². The number of halogens is 1. The molecule has 1 amide bonds. The molecule has 0 atom stereocenters. The lowest BCUT2D eigenvalue weighted by molar-refractivity contribution is -0.114. The summed E-state index contributed by atoms with van der Waals surface area (Å²) in [4.78, 5) is 25.3. The Bertz CT molecular complexity index is 1540. The second-order valence-corrected chi connectivity index (χ2v) is 11.7. The Morgan fingerprint density at radius 3 is 2.34 bits per heavy atom. The van der Waals surface area contributed by atoms with Crippen molar-refractivity contribution in [1.82, 2.24) is 4.57 Å². The molecule has 182 valence electrons. The summed E-state index contributed by atoms with van der Waals surface area (Å²) in [6, 6.07) is 17.9. The van der Waals surface area contributed by atoms with E-state index < -0.39 is 22.5 Å². The number of amides is 1. The minimum atomic E-state index is -4.03. The third kappa shape index (κ3) is 5.27. The molecule has 1 N–H and O–H groups in total. The van der Waals surface area contributed by atoms with Gasteiger partial charge in [-0.2, -0.15) is 0 Å². The minimum absolute atomic E-state index is 0.0107. The molecule has 1 heterocycles. The van der Waals surface area contributed by atoms with Gasteiger partial charge in [0.15, 0.2) is 0 Å². The highest BCUT2D eigenvalue weighted by Gasteiger charge is 2.27. The fourth-order valence-electron chi connectivity index (χ4n) is 3.69. The van der Waals surface area contributed by atoms with E-state index in [1.165, 1.54) is 12.1 Å². The Hall–Kier alpha value is -3.14. The summed E-state index contributed by atoms with van der Waals surface area (Å²) < 4.78 is 30.4. The molecule has 0 saturated heterocycles. The lowest BCUT2D eigenvalue weighted by Crippen LogP contribution is -2.38. The summed E-state index contributed by atoms with van der Waals surface area (Å²) in [6.45, 7) is 5.29. The zero-order valence-electron chi connectivity index (χ0n) is 19.4. The van der Waals surface area contributed by atoms with Gasteiger partial charge in [-0.25, -0.2) is 8.42 Å². The van der Waals surface area contributed by atoms with Gasteiger partial charge >= 0.3 is 4.87 Å². The number of aryl methyl sites for hydroxylation is 1. The summed E-state index contributed by atoms with van der Waals surface area (Å²) >= 11 is 7.09. The van der Waals surface area contributed by atoms with Gasteiger partial charge in [-0.1, -0.05) is 40.6 Å². The SMILES string of the molecule is Cc1ccc(S(=O)(=O)N(CC(=O)Nc2ccc3c(c2)sc(=O)n3C(C)C)c2ccc(Cl)cc2)cc1. The molecule has 0 aliphatic rings. The normalized spacial score (nSPS) is 11.7. The molecular weight excluding hydrogens is 506 g/mol. The number of sulfonamides is 1. The summed E-state index contributed by atoms with van der Waals surface area (Å²) in [5.74, 6) is -0.523. The van der Waals surface area contributed by atoms with Gasteiger partial charge in [0.2, 0.25) is 5.91 Å². The maximum absolute atomic E-state index is 13.5. The van der Waals surface area contributed by atoms with Crippen molar-refractivity contribution in [3.05, 3.63) is 87.0 Å². The summed E-state index contributed by atoms with van der Waals surface area (Å²) in [6.07, 6.45) is 0. The molecular formula is C25H24ClN3O4S2. The smallest absolute Gasteiger partial charge is 0.308 e. The van der Waals surface area contributed by atoms with Crippen molar-refractivity contribution in [2.75, 3.05) is 16.2 Å². The number of aromatic nitrogens is 1. The van der Waals surface area contributed by atoms with E-state index in [4.69, 9.17) is 11.6 Å². The zero-order chi connectivity index (χ0) is 25.3. The molecule has 0 fully saturated rings. The zero-order valence-corrected chi connectivity index (χ0v) is 21.7. The highest BCUT2D eigenvalue weighted by molar-refractivity contribution is 7.92. The summed E-state index contributed by atoms with van der Waals surface area (Å²) in [5.41, 5.74) is 2.50. The number of nitrogens with one attached hydrogen (secondary N) is 1. The number of fused-ring (bicyclic) bond motifs is 1. The molecule has 0 bridgehead atoms. The van der Waals surface area contributed by atoms with Crippen LogP contribution in [0.15, 0.2) is 76.4 Å². The van der Waals surface area contributed by atoms with Crippen LogP contribution in [0, 0.1) is 6.92 Å². The van der Waals surface area contributed by atoms with E-state index in [0.29, 0.717) is 16.4 Å². The molecule has 0 aliphatic heterocycles. The quantitative estimate of drug-likeness (QED) is 0.345. The van der Waals surface area contributed by atoms with E-state index in [2.05, 4.69) is 5.32 Å². The molecule has 0 saturated carbocycles. The van der Waals surface area contributed by atoms with Crippen LogP contribution in [0.4, 0.5) is 11.4 Å². The number of carbonyl (C=O) groups is 1. The van der Waals surface area contributed by atoms with Crippen molar-refractivity contribution in [2.24, 2.45) is 0 Å². The first-order valence-corrected chi connectivity index (χ1v) is 13.5. The van der Waals surface area contributed by atoms with Crippen LogP contribution < -0.4 is 14.5 Å². The Balaban J connectivity index is 1.64. The van der Waals surface area contributed by atoms with Gasteiger partial charge in [-0.3, -0.25) is 18.5 Å². The van der Waals surface area contributed by atoms with E-state index >= 15 is 0 Å². The lowest BCUT2D eigenvalue weighted by atomic mass is 10.2. The van der Waals surface area contributed by atoms with Crippen LogP contribution in [0.1, 0.15) is 25.5 Å². The fraction of sp³-hybridized carbons (Fsp3) is 0.200. The van der Waals surface area contributed by atoms with Gasteiger partial charge in [0.1, 0.15) is 6.54 Å². The number of rotatable bonds is 7. The number of carbonyl (C=O) groups excluding carboxylic acids is 1. The number of anilines is 2. The highest BCUT2D eigenvalue weighted by Crippen LogP contribution is 2.27. The van der Waals surface area contributed by atoms with E-state index in [-0.39, 0.29) is 15.8 Å². The van der Waals surface area contributed by atoms with Gasteiger partial charge in [-0.05, 0) is 75.4 Å². The lowest BCUT2D eigenvalue weighted by Gasteiger charge is -2.24. The minimum Gasteiger partial charge on any atom is -0.324 e. The third-order valence-electron chi connectivity index (χ3n) is 5.42. The maximum Gasteiger partial charge on any atom is 0.308 e. The molecule has 0 aliphatic carbocycles. The number of benzene rings is 3. The predicted molar refractivity (Wildman–Crippen MR) is 142 cm³/mol. The van der Waals surface area contributed by atoms with E-state index in [1.54, 1.807) is 59.2 Å². The largest absolute Gasteiger partial charge is 0.324 e. The first kappa shape index (κ1) is 25.0. The van der Waals surface area contributed by atoms with Crippen molar-refractivity contribution >= 4 is 60.5 Å². The fourth-order valence-corrected chi connectivity index (χ4v) is 6.29. The van der Waals surface area contributed by atoms with Crippen LogP contribution in [0.3, 0.4) is 0 Å². The van der Waals surface area contributed by atoms with Crippen molar-refractivity contribution in [1.29, 1.82) is 0 Å². The Morgan fingerprint density at radius 2 is 1.71 bits per heavy atom. The summed E-state index contributed by atoms with van der Waals surface area (Å²) in [5, 5.41) is 3.21.